The Bertz CT molecular complexity index is 865. The van der Waals surface area contributed by atoms with Crippen molar-refractivity contribution in [3.8, 4) is 0 Å². The van der Waals surface area contributed by atoms with Crippen molar-refractivity contribution in [1.29, 1.82) is 0 Å². The molecule has 0 aromatic heterocycles. The molecule has 3 rings (SSSR count). The summed E-state index contributed by atoms with van der Waals surface area (Å²) in [4.78, 5) is 2.47. The third-order valence-electron chi connectivity index (χ3n) is 4.64. The second-order valence-corrected chi connectivity index (χ2v) is 8.88. The Labute approximate surface area is 155 Å². The summed E-state index contributed by atoms with van der Waals surface area (Å²) in [6.07, 6.45) is 0. The van der Waals surface area contributed by atoms with E-state index < -0.39 is 10.0 Å². The maximum absolute atomic E-state index is 12.9. The van der Waals surface area contributed by atoms with Crippen molar-refractivity contribution in [3.63, 3.8) is 0 Å². The molecule has 0 amide bonds. The number of nitrogens with zero attached hydrogens (tertiary/aromatic N) is 2. The molecule has 0 atom stereocenters. The Morgan fingerprint density at radius 1 is 0.920 bits per heavy atom. The molecule has 0 aliphatic carbocycles. The number of aryl methyl sites for hydroxylation is 3. The van der Waals surface area contributed by atoms with Crippen molar-refractivity contribution in [2.24, 2.45) is 0 Å². The summed E-state index contributed by atoms with van der Waals surface area (Å²) >= 11 is 6.09. The number of hydrogen-bond donors (Lipinski definition) is 0. The summed E-state index contributed by atoms with van der Waals surface area (Å²) in [5.41, 5.74) is 4.94. The summed E-state index contributed by atoms with van der Waals surface area (Å²) in [7, 11) is -3.55. The monoisotopic (exact) mass is 378 g/mol. The summed E-state index contributed by atoms with van der Waals surface area (Å²) in [6.45, 7) is 8.59. The predicted molar refractivity (Wildman–Crippen MR) is 103 cm³/mol. The first kappa shape index (κ1) is 18.2. The molecule has 2 aromatic carbocycles. The standard InChI is InChI=1S/C19H23ClN2O2S/c1-14-12-15(2)19(16(3)13-14)21-8-10-22(11-9-21)25(23,24)18-7-5-4-6-17(18)20/h4-7,12-13H,8-11H2,1-3H3. The lowest BCUT2D eigenvalue weighted by Crippen LogP contribution is -2.49. The highest BCUT2D eigenvalue weighted by molar-refractivity contribution is 7.89. The van der Waals surface area contributed by atoms with E-state index in [1.807, 2.05) is 0 Å². The molecule has 4 nitrogen and oxygen atoms in total. The third-order valence-corrected chi connectivity index (χ3v) is 7.04. The second-order valence-electron chi connectivity index (χ2n) is 6.57. The lowest BCUT2D eigenvalue weighted by atomic mass is 10.0. The smallest absolute Gasteiger partial charge is 0.244 e. The molecule has 6 heteroatoms. The number of sulfonamides is 1. The Kier molecular flexibility index (Phi) is 5.09. The normalized spacial score (nSPS) is 16.2. The van der Waals surface area contributed by atoms with E-state index in [-0.39, 0.29) is 9.92 Å². The first-order valence-corrected chi connectivity index (χ1v) is 10.2. The van der Waals surface area contributed by atoms with Gasteiger partial charge in [-0.05, 0) is 44.0 Å². The molecule has 0 unspecified atom stereocenters. The van der Waals surface area contributed by atoms with Gasteiger partial charge in [0.25, 0.3) is 0 Å². The van der Waals surface area contributed by atoms with E-state index in [0.717, 1.165) is 0 Å². The number of hydrogen-bond acceptors (Lipinski definition) is 3. The summed E-state index contributed by atoms with van der Waals surface area (Å²) in [5, 5.41) is 0.273. The molecule has 0 N–H and O–H groups in total. The van der Waals surface area contributed by atoms with Crippen molar-refractivity contribution >= 4 is 27.3 Å². The van der Waals surface area contributed by atoms with Crippen LogP contribution >= 0.6 is 11.6 Å². The van der Waals surface area contributed by atoms with Crippen LogP contribution in [0.5, 0.6) is 0 Å². The lowest BCUT2D eigenvalue weighted by molar-refractivity contribution is 0.384. The van der Waals surface area contributed by atoms with Gasteiger partial charge in [0.15, 0.2) is 0 Å². The Hall–Kier alpha value is -1.56. The van der Waals surface area contributed by atoms with Gasteiger partial charge in [0.05, 0.1) is 5.02 Å². The van der Waals surface area contributed by atoms with Crippen molar-refractivity contribution in [2.45, 2.75) is 25.7 Å². The first-order valence-electron chi connectivity index (χ1n) is 8.38. The SMILES string of the molecule is Cc1cc(C)c(N2CCN(S(=O)(=O)c3ccccc3Cl)CC2)c(C)c1. The van der Waals surface area contributed by atoms with Gasteiger partial charge in [-0.25, -0.2) is 8.42 Å². The van der Waals surface area contributed by atoms with Crippen molar-refractivity contribution < 1.29 is 8.42 Å². The molecule has 25 heavy (non-hydrogen) atoms. The predicted octanol–water partition coefficient (Wildman–Crippen LogP) is 3.78. The Balaban J connectivity index is 1.80. The van der Waals surface area contributed by atoms with Crippen molar-refractivity contribution in [1.82, 2.24) is 4.31 Å². The van der Waals surface area contributed by atoms with Gasteiger partial charge < -0.3 is 4.90 Å². The fourth-order valence-corrected chi connectivity index (χ4v) is 5.53. The van der Waals surface area contributed by atoms with Crippen LogP contribution in [-0.4, -0.2) is 38.9 Å². The van der Waals surface area contributed by atoms with Crippen LogP contribution in [-0.2, 0) is 10.0 Å². The van der Waals surface area contributed by atoms with Crippen LogP contribution in [0.1, 0.15) is 16.7 Å². The van der Waals surface area contributed by atoms with Crippen LogP contribution < -0.4 is 4.90 Å². The second kappa shape index (κ2) is 6.98. The zero-order valence-corrected chi connectivity index (χ0v) is 16.4. The van der Waals surface area contributed by atoms with Crippen molar-refractivity contribution in [3.05, 3.63) is 58.1 Å². The summed E-state index contributed by atoms with van der Waals surface area (Å²) < 4.78 is 27.2. The van der Waals surface area contributed by atoms with E-state index in [4.69, 9.17) is 11.6 Å². The zero-order valence-electron chi connectivity index (χ0n) is 14.8. The van der Waals surface area contributed by atoms with Gasteiger partial charge in [-0.1, -0.05) is 41.4 Å². The molecule has 1 fully saturated rings. The highest BCUT2D eigenvalue weighted by Crippen LogP contribution is 2.29. The van der Waals surface area contributed by atoms with Gasteiger partial charge in [-0.3, -0.25) is 0 Å². The fourth-order valence-electron chi connectivity index (χ4n) is 3.62. The van der Waals surface area contributed by atoms with Crippen LogP contribution in [0.15, 0.2) is 41.3 Å². The average molecular weight is 379 g/mol. The van der Waals surface area contributed by atoms with E-state index >= 15 is 0 Å². The highest BCUT2D eigenvalue weighted by Gasteiger charge is 2.30. The number of halogens is 1. The zero-order chi connectivity index (χ0) is 18.2. The first-order chi connectivity index (χ1) is 11.8. The lowest BCUT2D eigenvalue weighted by Gasteiger charge is -2.37. The van der Waals surface area contributed by atoms with Crippen LogP contribution in [0.25, 0.3) is 0 Å². The fraction of sp³-hybridized carbons (Fsp3) is 0.368. The number of rotatable bonds is 3. The third kappa shape index (κ3) is 3.54. The van der Waals surface area contributed by atoms with Crippen LogP contribution in [0.3, 0.4) is 0 Å². The molecule has 2 aromatic rings. The number of benzene rings is 2. The molecule has 0 spiro atoms. The van der Waals surface area contributed by atoms with Crippen LogP contribution in [0.2, 0.25) is 5.02 Å². The molecule has 1 aliphatic rings. The largest absolute Gasteiger partial charge is 0.368 e. The number of piperazine rings is 1. The summed E-state index contributed by atoms with van der Waals surface area (Å²) in [6, 6.07) is 11.0. The van der Waals surface area contributed by atoms with Gasteiger partial charge in [0.1, 0.15) is 4.90 Å². The minimum absolute atomic E-state index is 0.188. The molecule has 1 heterocycles. The van der Waals surface area contributed by atoms with E-state index in [0.29, 0.717) is 26.2 Å². The van der Waals surface area contributed by atoms with E-state index in [1.54, 1.807) is 24.3 Å². The van der Waals surface area contributed by atoms with Gasteiger partial charge in [0, 0.05) is 31.9 Å². The van der Waals surface area contributed by atoms with E-state index in [1.165, 1.54) is 26.7 Å². The Morgan fingerprint density at radius 3 is 2.04 bits per heavy atom. The van der Waals surface area contributed by atoms with Gasteiger partial charge in [-0.15, -0.1) is 0 Å². The number of anilines is 1. The molecule has 1 aliphatic heterocycles. The molecule has 134 valence electrons. The molecule has 1 saturated heterocycles. The van der Waals surface area contributed by atoms with Crippen molar-refractivity contribution in [2.75, 3.05) is 31.1 Å². The van der Waals surface area contributed by atoms with E-state index in [2.05, 4.69) is 37.8 Å². The topological polar surface area (TPSA) is 40.6 Å². The summed E-state index contributed by atoms with van der Waals surface area (Å²) in [5.74, 6) is 0. The molecule has 0 saturated carbocycles. The maximum Gasteiger partial charge on any atom is 0.244 e. The molecule has 0 bridgehead atoms. The van der Waals surface area contributed by atoms with Gasteiger partial charge in [-0.2, -0.15) is 4.31 Å². The van der Waals surface area contributed by atoms with Crippen LogP contribution in [0, 0.1) is 20.8 Å². The minimum Gasteiger partial charge on any atom is -0.368 e. The maximum atomic E-state index is 12.9. The molecular formula is C19H23ClN2O2S. The van der Waals surface area contributed by atoms with Crippen LogP contribution in [0.4, 0.5) is 5.69 Å². The quantitative estimate of drug-likeness (QED) is 0.816. The van der Waals surface area contributed by atoms with Gasteiger partial charge >= 0.3 is 0 Å². The molecular weight excluding hydrogens is 356 g/mol. The van der Waals surface area contributed by atoms with Gasteiger partial charge in [0.2, 0.25) is 10.0 Å². The van der Waals surface area contributed by atoms with E-state index in [9.17, 15) is 8.42 Å². The Morgan fingerprint density at radius 2 is 1.48 bits per heavy atom. The minimum atomic E-state index is -3.55. The highest BCUT2D eigenvalue weighted by atomic mass is 35.5. The molecule has 0 radical (unpaired) electrons. The average Bonchev–Trinajstić information content (AvgIpc) is 2.54.